The fraction of sp³-hybridized carbons (Fsp3) is 0.444. The Morgan fingerprint density at radius 3 is 2.43 bits per heavy atom. The second-order valence-electron chi connectivity index (χ2n) is 9.53. The molecule has 0 unspecified atom stereocenters. The number of benzene rings is 2. The topological polar surface area (TPSA) is 85.2 Å². The molecule has 0 atom stereocenters. The van der Waals surface area contributed by atoms with Crippen LogP contribution in [-0.2, 0) is 18.3 Å². The maximum absolute atomic E-state index is 12.7. The molecule has 3 heterocycles. The average molecular weight is 480 g/mol. The Labute approximate surface area is 205 Å². The van der Waals surface area contributed by atoms with E-state index in [9.17, 15) is 9.90 Å². The van der Waals surface area contributed by atoms with Gasteiger partial charge in [0.1, 0.15) is 17.2 Å². The van der Waals surface area contributed by atoms with Crippen LogP contribution in [0.15, 0.2) is 41.3 Å². The van der Waals surface area contributed by atoms with E-state index >= 15 is 0 Å². The van der Waals surface area contributed by atoms with E-state index in [2.05, 4.69) is 10.2 Å². The van der Waals surface area contributed by atoms with Crippen LogP contribution in [-0.4, -0.2) is 67.2 Å². The second-order valence-corrected chi connectivity index (χ2v) is 9.53. The van der Waals surface area contributed by atoms with E-state index in [0.29, 0.717) is 5.39 Å². The lowest BCUT2D eigenvalue weighted by atomic mass is 9.89. The summed E-state index contributed by atoms with van der Waals surface area (Å²) in [6, 6.07) is 8.90. The van der Waals surface area contributed by atoms with Gasteiger partial charge in [-0.2, -0.15) is 0 Å². The number of aromatic nitrogens is 1. The Hall–Kier alpha value is -3.07. The van der Waals surface area contributed by atoms with Gasteiger partial charge in [-0.1, -0.05) is 0 Å². The summed E-state index contributed by atoms with van der Waals surface area (Å²) in [6.07, 6.45) is 3.82. The second kappa shape index (κ2) is 9.53. The monoisotopic (exact) mass is 479 g/mol. The van der Waals surface area contributed by atoms with Crippen molar-refractivity contribution >= 4 is 10.8 Å². The van der Waals surface area contributed by atoms with Crippen LogP contribution in [0.4, 0.5) is 0 Å². The predicted molar refractivity (Wildman–Crippen MR) is 135 cm³/mol. The fourth-order valence-corrected chi connectivity index (χ4v) is 5.35. The molecule has 0 bridgehead atoms. The normalized spacial score (nSPS) is 18.1. The van der Waals surface area contributed by atoms with Crippen molar-refractivity contribution in [3.8, 4) is 28.4 Å². The van der Waals surface area contributed by atoms with Crippen LogP contribution in [0.25, 0.3) is 21.9 Å². The number of aromatic hydroxyl groups is 1. The van der Waals surface area contributed by atoms with E-state index in [-0.39, 0.29) is 16.9 Å². The summed E-state index contributed by atoms with van der Waals surface area (Å²) < 4.78 is 19.4. The van der Waals surface area contributed by atoms with Gasteiger partial charge in [0, 0.05) is 51.5 Å². The lowest BCUT2D eigenvalue weighted by molar-refractivity contribution is -0.101. The number of phenolic OH excluding ortho intramolecular Hbond substituents is 1. The van der Waals surface area contributed by atoms with Crippen LogP contribution in [0.2, 0.25) is 0 Å². The highest BCUT2D eigenvalue weighted by Gasteiger charge is 2.37. The summed E-state index contributed by atoms with van der Waals surface area (Å²) in [4.78, 5) is 15.1. The predicted octanol–water partition coefficient (Wildman–Crippen LogP) is 2.88. The van der Waals surface area contributed by atoms with E-state index in [4.69, 9.17) is 14.2 Å². The number of likely N-dealkylation sites (tertiary alicyclic amines) is 1. The van der Waals surface area contributed by atoms with E-state index in [1.807, 2.05) is 18.3 Å². The standard InChI is InChI=1S/C27H33N3O5/c1-29-15-22(20-5-4-19(31)14-21(20)26(29)32)18-12-24(33-2)23(25(13-18)34-3)16-30-9-6-27(7-10-30)17-28-8-11-35-27/h4-5,12-15,28,31H,6-11,16-17H2,1-3H3. The molecule has 0 radical (unpaired) electrons. The summed E-state index contributed by atoms with van der Waals surface area (Å²) in [6.45, 7) is 5.25. The molecule has 2 fully saturated rings. The molecule has 3 aromatic rings. The molecule has 2 aliphatic rings. The van der Waals surface area contributed by atoms with Gasteiger partial charge in [0.05, 0.1) is 37.4 Å². The third-order valence-electron chi connectivity index (χ3n) is 7.37. The van der Waals surface area contributed by atoms with Gasteiger partial charge in [0.25, 0.3) is 5.56 Å². The van der Waals surface area contributed by atoms with Gasteiger partial charge < -0.3 is 29.2 Å². The van der Waals surface area contributed by atoms with Crippen molar-refractivity contribution in [2.24, 2.45) is 7.05 Å². The van der Waals surface area contributed by atoms with Gasteiger partial charge in [0.2, 0.25) is 0 Å². The van der Waals surface area contributed by atoms with Crippen molar-refractivity contribution in [2.45, 2.75) is 25.0 Å². The minimum Gasteiger partial charge on any atom is -0.508 e. The van der Waals surface area contributed by atoms with Gasteiger partial charge in [-0.15, -0.1) is 0 Å². The fourth-order valence-electron chi connectivity index (χ4n) is 5.35. The number of methoxy groups -OCH3 is 2. The molecular weight excluding hydrogens is 446 g/mol. The van der Waals surface area contributed by atoms with Gasteiger partial charge in [0.15, 0.2) is 0 Å². The number of phenols is 1. The quantitative estimate of drug-likeness (QED) is 0.582. The van der Waals surface area contributed by atoms with E-state index < -0.39 is 0 Å². The number of hydrogen-bond acceptors (Lipinski definition) is 7. The molecule has 1 spiro atoms. The van der Waals surface area contributed by atoms with E-state index in [0.717, 1.165) is 85.7 Å². The number of nitrogens with zero attached hydrogens (tertiary/aromatic N) is 2. The molecular formula is C27H33N3O5. The summed E-state index contributed by atoms with van der Waals surface area (Å²) in [5.41, 5.74) is 2.56. The highest BCUT2D eigenvalue weighted by atomic mass is 16.5. The Kier molecular flexibility index (Phi) is 6.44. The van der Waals surface area contributed by atoms with Crippen LogP contribution in [0.5, 0.6) is 17.2 Å². The van der Waals surface area contributed by atoms with Crippen molar-refractivity contribution in [3.05, 3.63) is 52.4 Å². The molecule has 0 amide bonds. The van der Waals surface area contributed by atoms with Crippen LogP contribution in [0.1, 0.15) is 18.4 Å². The molecule has 35 heavy (non-hydrogen) atoms. The number of rotatable bonds is 5. The highest BCUT2D eigenvalue weighted by molar-refractivity contribution is 5.97. The lowest BCUT2D eigenvalue weighted by Gasteiger charge is -2.44. The number of pyridine rings is 1. The molecule has 2 aliphatic heterocycles. The maximum Gasteiger partial charge on any atom is 0.258 e. The molecule has 8 heteroatoms. The first-order valence-corrected chi connectivity index (χ1v) is 12.1. The summed E-state index contributed by atoms with van der Waals surface area (Å²) in [5, 5.41) is 14.6. The Morgan fingerprint density at radius 2 is 1.80 bits per heavy atom. The molecule has 2 N–H and O–H groups in total. The van der Waals surface area contributed by atoms with Crippen LogP contribution >= 0.6 is 0 Å². The zero-order valence-electron chi connectivity index (χ0n) is 20.6. The van der Waals surface area contributed by atoms with Crippen molar-refractivity contribution in [1.82, 2.24) is 14.8 Å². The minimum atomic E-state index is -0.157. The molecule has 2 aromatic carbocycles. The van der Waals surface area contributed by atoms with Crippen molar-refractivity contribution < 1.29 is 19.3 Å². The SMILES string of the molecule is COc1cc(-c2cn(C)c(=O)c3cc(O)ccc23)cc(OC)c1CN1CCC2(CC1)CNCCO2. The highest BCUT2D eigenvalue weighted by Crippen LogP contribution is 2.39. The third kappa shape index (κ3) is 4.49. The average Bonchev–Trinajstić information content (AvgIpc) is 2.88. The molecule has 186 valence electrons. The number of nitrogens with one attached hydrogen (secondary N) is 1. The zero-order valence-corrected chi connectivity index (χ0v) is 20.6. The zero-order chi connectivity index (χ0) is 24.6. The number of morpholine rings is 1. The first-order chi connectivity index (χ1) is 16.9. The summed E-state index contributed by atoms with van der Waals surface area (Å²) in [7, 11) is 5.06. The molecule has 8 nitrogen and oxygen atoms in total. The molecule has 1 aromatic heterocycles. The number of piperidine rings is 1. The number of fused-ring (bicyclic) bond motifs is 1. The molecule has 0 saturated carbocycles. The third-order valence-corrected chi connectivity index (χ3v) is 7.37. The largest absolute Gasteiger partial charge is 0.508 e. The Balaban J connectivity index is 1.48. The molecule has 2 saturated heterocycles. The van der Waals surface area contributed by atoms with Gasteiger partial charge in [-0.25, -0.2) is 0 Å². The first kappa shape index (κ1) is 23.7. The van der Waals surface area contributed by atoms with Crippen molar-refractivity contribution in [2.75, 3.05) is 47.0 Å². The minimum absolute atomic E-state index is 0.0362. The van der Waals surface area contributed by atoms with Crippen LogP contribution in [0.3, 0.4) is 0 Å². The maximum atomic E-state index is 12.7. The number of aryl methyl sites for hydroxylation is 1. The van der Waals surface area contributed by atoms with E-state index in [1.165, 1.54) is 10.6 Å². The summed E-state index contributed by atoms with van der Waals surface area (Å²) >= 11 is 0. The lowest BCUT2D eigenvalue weighted by Crippen LogP contribution is -2.55. The summed E-state index contributed by atoms with van der Waals surface area (Å²) in [5.74, 6) is 1.56. The van der Waals surface area contributed by atoms with Crippen molar-refractivity contribution in [1.29, 1.82) is 0 Å². The van der Waals surface area contributed by atoms with Gasteiger partial charge >= 0.3 is 0 Å². The van der Waals surface area contributed by atoms with Crippen LogP contribution < -0.4 is 20.3 Å². The number of hydrogen-bond donors (Lipinski definition) is 2. The van der Waals surface area contributed by atoms with Crippen molar-refractivity contribution in [3.63, 3.8) is 0 Å². The first-order valence-electron chi connectivity index (χ1n) is 12.1. The Bertz CT molecular complexity index is 1260. The molecule has 5 rings (SSSR count). The van der Waals surface area contributed by atoms with E-state index in [1.54, 1.807) is 33.4 Å². The Morgan fingerprint density at radius 1 is 1.09 bits per heavy atom. The van der Waals surface area contributed by atoms with Gasteiger partial charge in [-0.3, -0.25) is 9.69 Å². The molecule has 0 aliphatic carbocycles. The van der Waals surface area contributed by atoms with Gasteiger partial charge in [-0.05, 0) is 54.1 Å². The van der Waals surface area contributed by atoms with Crippen LogP contribution in [0, 0.1) is 0 Å². The smallest absolute Gasteiger partial charge is 0.258 e. The number of ether oxygens (including phenoxy) is 3.